The van der Waals surface area contributed by atoms with Crippen molar-refractivity contribution in [3.05, 3.63) is 58.2 Å². The van der Waals surface area contributed by atoms with Crippen molar-refractivity contribution in [3.8, 4) is 0 Å². The lowest BCUT2D eigenvalue weighted by molar-refractivity contribution is -0.137. The van der Waals surface area contributed by atoms with Crippen LogP contribution in [-0.2, 0) is 6.18 Å². The van der Waals surface area contributed by atoms with E-state index < -0.39 is 35.0 Å². The molecule has 0 amide bonds. The van der Waals surface area contributed by atoms with Crippen LogP contribution in [-0.4, -0.2) is 25.5 Å². The zero-order valence-corrected chi connectivity index (χ0v) is 14.2. The lowest BCUT2D eigenvalue weighted by atomic mass is 10.1. The largest absolute Gasteiger partial charge is 0.417 e. The van der Waals surface area contributed by atoms with Gasteiger partial charge >= 0.3 is 6.18 Å². The van der Waals surface area contributed by atoms with Crippen molar-refractivity contribution in [2.45, 2.75) is 17.4 Å². The Morgan fingerprint density at radius 1 is 1.19 bits per heavy atom. The fourth-order valence-electron chi connectivity index (χ4n) is 2.25. The van der Waals surface area contributed by atoms with Gasteiger partial charge < -0.3 is 5.11 Å². The molecule has 0 aliphatic rings. The maximum absolute atomic E-state index is 13.7. The summed E-state index contributed by atoms with van der Waals surface area (Å²) in [6.45, 7) is 0. The van der Waals surface area contributed by atoms with Gasteiger partial charge in [0.25, 0.3) is 0 Å². The number of hydrogen-bond donors (Lipinski definition) is 1. The average molecular weight is 410 g/mol. The number of aromatic nitrogens is 3. The Bertz CT molecular complexity index is 942. The van der Waals surface area contributed by atoms with Gasteiger partial charge in [-0.15, -0.1) is 10.2 Å². The highest BCUT2D eigenvalue weighted by molar-refractivity contribution is 7.99. The summed E-state index contributed by atoms with van der Waals surface area (Å²) in [4.78, 5) is 0. The van der Waals surface area contributed by atoms with Crippen molar-refractivity contribution in [2.75, 3.05) is 5.75 Å². The minimum atomic E-state index is -4.63. The van der Waals surface area contributed by atoms with Gasteiger partial charge in [-0.2, -0.15) is 13.2 Å². The van der Waals surface area contributed by atoms with Crippen LogP contribution < -0.4 is 0 Å². The van der Waals surface area contributed by atoms with Gasteiger partial charge in [0.15, 0.2) is 10.8 Å². The first-order valence-electron chi connectivity index (χ1n) is 7.04. The topological polar surface area (TPSA) is 50.4 Å². The molecule has 26 heavy (non-hydrogen) atoms. The summed E-state index contributed by atoms with van der Waals surface area (Å²) in [6.07, 6.45) is -5.39. The Kier molecular flexibility index (Phi) is 5.09. The number of thioether (sulfide) groups is 1. The summed E-state index contributed by atoms with van der Waals surface area (Å²) in [6, 6.07) is 3.87. The molecule has 0 aliphatic heterocycles. The number of aliphatic hydroxyl groups excluding tert-OH is 1. The number of alkyl halides is 3. The van der Waals surface area contributed by atoms with Crippen LogP contribution in [0.3, 0.4) is 0 Å². The van der Waals surface area contributed by atoms with Crippen molar-refractivity contribution in [1.82, 2.24) is 14.6 Å². The molecule has 1 N–H and O–H groups in total. The predicted octanol–water partition coefficient (Wildman–Crippen LogP) is 4.51. The van der Waals surface area contributed by atoms with E-state index >= 15 is 0 Å². The molecule has 1 unspecified atom stereocenters. The summed E-state index contributed by atoms with van der Waals surface area (Å²) >= 11 is 6.59. The number of pyridine rings is 1. The molecule has 2 heterocycles. The van der Waals surface area contributed by atoms with Gasteiger partial charge in [0.05, 0.1) is 22.3 Å². The number of benzene rings is 1. The van der Waals surface area contributed by atoms with Crippen LogP contribution in [0.1, 0.15) is 17.2 Å². The van der Waals surface area contributed by atoms with Crippen LogP contribution in [0.15, 0.2) is 35.6 Å². The van der Waals surface area contributed by atoms with Gasteiger partial charge in [0.1, 0.15) is 11.6 Å². The molecule has 0 fully saturated rings. The molecule has 0 saturated heterocycles. The first-order chi connectivity index (χ1) is 12.2. The van der Waals surface area contributed by atoms with Crippen LogP contribution >= 0.6 is 23.4 Å². The fourth-order valence-corrected chi connectivity index (χ4v) is 3.35. The van der Waals surface area contributed by atoms with E-state index in [0.29, 0.717) is 0 Å². The lowest BCUT2D eigenvalue weighted by Gasteiger charge is -2.12. The molecule has 0 saturated carbocycles. The molecule has 0 spiro atoms. The molecule has 0 bridgehead atoms. The van der Waals surface area contributed by atoms with Gasteiger partial charge in [-0.3, -0.25) is 4.40 Å². The molecule has 1 aromatic carbocycles. The summed E-state index contributed by atoms with van der Waals surface area (Å²) in [5.41, 5.74) is -1.53. The number of halogens is 6. The second-order valence-corrected chi connectivity index (χ2v) is 6.61. The number of fused-ring (bicyclic) bond motifs is 1. The summed E-state index contributed by atoms with van der Waals surface area (Å²) in [7, 11) is 0. The summed E-state index contributed by atoms with van der Waals surface area (Å²) in [5, 5.41) is 17.2. The highest BCUT2D eigenvalue weighted by Gasteiger charge is 2.32. The number of rotatable bonds is 4. The van der Waals surface area contributed by atoms with Crippen LogP contribution in [0.5, 0.6) is 0 Å². The molecule has 0 aliphatic carbocycles. The molecule has 11 heteroatoms. The Morgan fingerprint density at radius 2 is 1.85 bits per heavy atom. The van der Waals surface area contributed by atoms with E-state index in [9.17, 15) is 27.1 Å². The van der Waals surface area contributed by atoms with Crippen molar-refractivity contribution in [1.29, 1.82) is 0 Å². The van der Waals surface area contributed by atoms with Gasteiger partial charge in [0.2, 0.25) is 0 Å². The number of aliphatic hydroxyl groups is 1. The quantitative estimate of drug-likeness (QED) is 0.509. The van der Waals surface area contributed by atoms with E-state index in [0.717, 1.165) is 46.6 Å². The second kappa shape index (κ2) is 7.01. The van der Waals surface area contributed by atoms with E-state index in [2.05, 4.69) is 10.2 Å². The average Bonchev–Trinajstić information content (AvgIpc) is 2.95. The fraction of sp³-hybridized carbons (Fsp3) is 0.200. The van der Waals surface area contributed by atoms with Crippen LogP contribution in [0.2, 0.25) is 5.02 Å². The standard InChI is InChI=1S/C15H9ClF5N3OS/c16-8-4-7(15(19,20)21)5-24-13(8)22-23-14(24)26-6-11(25)12-9(17)2-1-3-10(12)18/h1-5,11,25H,6H2. The van der Waals surface area contributed by atoms with E-state index in [-0.39, 0.29) is 21.6 Å². The molecule has 2 aromatic heterocycles. The SMILES string of the molecule is OC(CSc1nnc2c(Cl)cc(C(F)(F)F)cn12)c1c(F)cccc1F. The smallest absolute Gasteiger partial charge is 0.387 e. The van der Waals surface area contributed by atoms with E-state index in [1.807, 2.05) is 0 Å². The zero-order chi connectivity index (χ0) is 19.1. The first kappa shape index (κ1) is 18.9. The monoisotopic (exact) mass is 409 g/mol. The maximum atomic E-state index is 13.7. The second-order valence-electron chi connectivity index (χ2n) is 5.21. The lowest BCUT2D eigenvalue weighted by Crippen LogP contribution is -2.08. The van der Waals surface area contributed by atoms with Crippen molar-refractivity contribution < 1.29 is 27.1 Å². The van der Waals surface area contributed by atoms with Gasteiger partial charge in [-0.25, -0.2) is 8.78 Å². The molecule has 0 radical (unpaired) electrons. The normalized spacial score (nSPS) is 13.3. The maximum Gasteiger partial charge on any atom is 0.417 e. The van der Waals surface area contributed by atoms with Crippen molar-refractivity contribution >= 4 is 29.0 Å². The van der Waals surface area contributed by atoms with E-state index in [4.69, 9.17) is 11.6 Å². The Morgan fingerprint density at radius 3 is 2.46 bits per heavy atom. The third-order valence-electron chi connectivity index (χ3n) is 3.46. The molecule has 138 valence electrons. The van der Waals surface area contributed by atoms with Gasteiger partial charge in [0, 0.05) is 11.9 Å². The van der Waals surface area contributed by atoms with Crippen molar-refractivity contribution in [3.63, 3.8) is 0 Å². The van der Waals surface area contributed by atoms with Crippen LogP contribution in [0.25, 0.3) is 5.65 Å². The minimum absolute atomic E-state index is 0.00581. The Hall–Kier alpha value is -1.91. The molecular formula is C15H9ClF5N3OS. The third kappa shape index (κ3) is 3.62. The Balaban J connectivity index is 1.89. The molecule has 3 rings (SSSR count). The highest BCUT2D eigenvalue weighted by atomic mass is 35.5. The third-order valence-corrected chi connectivity index (χ3v) is 4.76. The van der Waals surface area contributed by atoms with Gasteiger partial charge in [-0.05, 0) is 18.2 Å². The highest BCUT2D eigenvalue weighted by Crippen LogP contribution is 2.34. The molecule has 1 atom stereocenters. The number of nitrogens with zero attached hydrogens (tertiary/aromatic N) is 3. The zero-order valence-electron chi connectivity index (χ0n) is 12.6. The van der Waals surface area contributed by atoms with E-state index in [1.165, 1.54) is 0 Å². The molecule has 4 nitrogen and oxygen atoms in total. The number of hydrogen-bond acceptors (Lipinski definition) is 4. The van der Waals surface area contributed by atoms with Crippen LogP contribution in [0, 0.1) is 11.6 Å². The summed E-state index contributed by atoms with van der Waals surface area (Å²) in [5.74, 6) is -2.11. The predicted molar refractivity (Wildman–Crippen MR) is 85.0 cm³/mol. The minimum Gasteiger partial charge on any atom is -0.387 e. The van der Waals surface area contributed by atoms with E-state index in [1.54, 1.807) is 0 Å². The van der Waals surface area contributed by atoms with Crippen molar-refractivity contribution in [2.24, 2.45) is 0 Å². The van der Waals surface area contributed by atoms with Gasteiger partial charge in [-0.1, -0.05) is 29.4 Å². The molecular weight excluding hydrogens is 401 g/mol. The Labute approximate surface area is 152 Å². The van der Waals surface area contributed by atoms with Crippen LogP contribution in [0.4, 0.5) is 22.0 Å². The summed E-state index contributed by atoms with van der Waals surface area (Å²) < 4.78 is 67.1. The molecule has 3 aromatic rings. The first-order valence-corrected chi connectivity index (χ1v) is 8.41.